The lowest BCUT2D eigenvalue weighted by molar-refractivity contribution is -0.143. The number of nitrogens with zero attached hydrogens (tertiary/aromatic N) is 1. The summed E-state index contributed by atoms with van der Waals surface area (Å²) in [7, 11) is -3.77. The molecule has 1 aliphatic rings. The van der Waals surface area contributed by atoms with Crippen LogP contribution in [0.25, 0.3) is 5.57 Å². The normalized spacial score (nSPS) is 16.0. The molecule has 3 rings (SSSR count). The highest BCUT2D eigenvalue weighted by molar-refractivity contribution is 7.95. The lowest BCUT2D eigenvalue weighted by atomic mass is 10.0. The molecule has 12 heteroatoms. The highest BCUT2D eigenvalue weighted by atomic mass is 32.2. The minimum Gasteiger partial charge on any atom is -0.313 e. The van der Waals surface area contributed by atoms with Crippen LogP contribution in [-0.2, 0) is 27.0 Å². The molecular formula is C19H11F6NO4S. The number of halogens is 6. The van der Waals surface area contributed by atoms with Crippen LogP contribution in [0.3, 0.4) is 0 Å². The lowest BCUT2D eigenvalue weighted by Gasteiger charge is -2.13. The molecule has 0 N–H and O–H groups in total. The third-order valence-corrected chi connectivity index (χ3v) is 5.75. The van der Waals surface area contributed by atoms with Crippen LogP contribution < -0.4 is 0 Å². The molecule has 0 atom stereocenters. The van der Waals surface area contributed by atoms with E-state index in [-0.39, 0.29) is 39.9 Å². The highest BCUT2D eigenvalue weighted by Crippen LogP contribution is 2.37. The summed E-state index contributed by atoms with van der Waals surface area (Å²) in [5.74, 6) is -1.58. The second-order valence-corrected chi connectivity index (χ2v) is 8.19. The van der Waals surface area contributed by atoms with E-state index in [1.54, 1.807) is 6.07 Å². The minimum atomic E-state index is -5.14. The summed E-state index contributed by atoms with van der Waals surface area (Å²) < 4.78 is 102. The Morgan fingerprint density at radius 1 is 0.935 bits per heavy atom. The fraction of sp³-hybridized carbons (Fsp3) is 0.158. The van der Waals surface area contributed by atoms with Crippen LogP contribution in [0.5, 0.6) is 0 Å². The fourth-order valence-electron chi connectivity index (χ4n) is 2.78. The van der Waals surface area contributed by atoms with E-state index in [9.17, 15) is 39.6 Å². The Morgan fingerprint density at radius 2 is 1.48 bits per heavy atom. The van der Waals surface area contributed by atoms with Crippen molar-refractivity contribution >= 4 is 27.1 Å². The van der Waals surface area contributed by atoms with Gasteiger partial charge in [-0.1, -0.05) is 23.4 Å². The molecule has 1 aliphatic heterocycles. The van der Waals surface area contributed by atoms with Gasteiger partial charge in [-0.25, -0.2) is 13.2 Å². The van der Waals surface area contributed by atoms with Gasteiger partial charge < -0.3 is 4.84 Å². The van der Waals surface area contributed by atoms with Crippen molar-refractivity contribution in [2.45, 2.75) is 24.2 Å². The zero-order valence-corrected chi connectivity index (χ0v) is 16.2. The molecule has 0 saturated carbocycles. The van der Waals surface area contributed by atoms with E-state index in [2.05, 4.69) is 9.99 Å². The molecule has 1 heterocycles. The maximum absolute atomic E-state index is 12.9. The number of sulfone groups is 1. The van der Waals surface area contributed by atoms with E-state index in [0.29, 0.717) is 0 Å². The number of fused-ring (bicyclic) bond motifs is 1. The number of carbonyl (C=O) groups is 1. The minimum absolute atomic E-state index is 0.0152. The number of carbonyl (C=O) groups excluding carboxylic acids is 1. The molecule has 0 spiro atoms. The van der Waals surface area contributed by atoms with Gasteiger partial charge in [0.25, 0.3) is 0 Å². The zero-order chi connectivity index (χ0) is 23.2. The predicted molar refractivity (Wildman–Crippen MR) is 96.6 cm³/mol. The van der Waals surface area contributed by atoms with E-state index < -0.39 is 44.8 Å². The van der Waals surface area contributed by atoms with Gasteiger partial charge in [-0.15, -0.1) is 0 Å². The highest BCUT2D eigenvalue weighted by Gasteiger charge is 2.38. The van der Waals surface area contributed by atoms with Gasteiger partial charge in [-0.3, -0.25) is 0 Å². The Bertz CT molecular complexity index is 1190. The van der Waals surface area contributed by atoms with Crippen molar-refractivity contribution in [1.29, 1.82) is 0 Å². The van der Waals surface area contributed by atoms with Crippen molar-refractivity contribution < 1.29 is 44.4 Å². The maximum atomic E-state index is 12.9. The smallest absolute Gasteiger partial charge is 0.313 e. The molecule has 0 bridgehead atoms. The summed E-state index contributed by atoms with van der Waals surface area (Å²) in [6.07, 6.45) is -10.3. The van der Waals surface area contributed by atoms with E-state index in [4.69, 9.17) is 0 Å². The van der Waals surface area contributed by atoms with Crippen molar-refractivity contribution in [2.24, 2.45) is 5.16 Å². The van der Waals surface area contributed by atoms with Crippen molar-refractivity contribution in [3.05, 3.63) is 70.1 Å². The standard InChI is InChI=1S/C19H11F6NO4S/c1-10(15-9-31(28,29)16-5-3-2-4-14(15)16)26-30-17(27)11-6-12(18(20,21)22)8-13(7-11)19(23,24)25/h2-9H,1H3/b26-10+. The van der Waals surface area contributed by atoms with Gasteiger partial charge in [0.2, 0.25) is 9.84 Å². The lowest BCUT2D eigenvalue weighted by Crippen LogP contribution is -2.14. The van der Waals surface area contributed by atoms with Gasteiger partial charge in [-0.05, 0) is 31.2 Å². The maximum Gasteiger partial charge on any atom is 0.416 e. The second-order valence-electron chi connectivity index (χ2n) is 6.42. The number of oxime groups is 1. The zero-order valence-electron chi connectivity index (χ0n) is 15.4. The van der Waals surface area contributed by atoms with Crippen LogP contribution in [-0.4, -0.2) is 20.1 Å². The fourth-order valence-corrected chi connectivity index (χ4v) is 4.27. The van der Waals surface area contributed by atoms with Gasteiger partial charge in [0, 0.05) is 16.5 Å². The first-order chi connectivity index (χ1) is 14.2. The van der Waals surface area contributed by atoms with Gasteiger partial charge in [0.1, 0.15) is 0 Å². The molecular weight excluding hydrogens is 452 g/mol. The number of allylic oxidation sites excluding steroid dienone is 1. The first-order valence-corrected chi connectivity index (χ1v) is 9.87. The number of rotatable bonds is 3. The van der Waals surface area contributed by atoms with Gasteiger partial charge in [0.15, 0.2) is 0 Å². The average Bonchev–Trinajstić information content (AvgIpc) is 2.95. The van der Waals surface area contributed by atoms with Gasteiger partial charge >= 0.3 is 18.3 Å². The van der Waals surface area contributed by atoms with E-state index in [1.807, 2.05) is 0 Å². The summed E-state index contributed by atoms with van der Waals surface area (Å²) in [5.41, 5.74) is -4.18. The van der Waals surface area contributed by atoms with Crippen LogP contribution in [0, 0.1) is 0 Å². The Hall–Kier alpha value is -3.15. The van der Waals surface area contributed by atoms with Crippen LogP contribution in [0.1, 0.15) is 34.0 Å². The van der Waals surface area contributed by atoms with Crippen LogP contribution in [0.2, 0.25) is 0 Å². The number of hydrogen-bond acceptors (Lipinski definition) is 5. The second kappa shape index (κ2) is 7.52. The van der Waals surface area contributed by atoms with Gasteiger partial charge in [0.05, 0.1) is 27.3 Å². The van der Waals surface area contributed by atoms with E-state index in [1.165, 1.54) is 25.1 Å². The van der Waals surface area contributed by atoms with E-state index >= 15 is 0 Å². The molecule has 0 unspecified atom stereocenters. The SMILES string of the molecule is C/C(=N\OC(=O)c1cc(C(F)(F)F)cc(C(F)(F)F)c1)C1=CS(=O)(=O)c2ccccc21. The molecule has 0 radical (unpaired) electrons. The number of hydrogen-bond donors (Lipinski definition) is 0. The van der Waals surface area contributed by atoms with Crippen molar-refractivity contribution in [1.82, 2.24) is 0 Å². The molecule has 2 aromatic carbocycles. The van der Waals surface area contributed by atoms with Crippen molar-refractivity contribution in [2.75, 3.05) is 0 Å². The Labute approximate surface area is 171 Å². The monoisotopic (exact) mass is 463 g/mol. The summed E-state index contributed by atoms with van der Waals surface area (Å²) in [4.78, 5) is 16.6. The van der Waals surface area contributed by atoms with Crippen LogP contribution in [0.15, 0.2) is 57.9 Å². The molecule has 0 aromatic heterocycles. The van der Waals surface area contributed by atoms with Crippen molar-refractivity contribution in [3.8, 4) is 0 Å². The Kier molecular flexibility index (Phi) is 5.47. The first-order valence-electron chi connectivity index (χ1n) is 8.32. The quantitative estimate of drug-likeness (QED) is 0.275. The van der Waals surface area contributed by atoms with Gasteiger partial charge in [-0.2, -0.15) is 26.3 Å². The molecule has 0 amide bonds. The third kappa shape index (κ3) is 4.63. The predicted octanol–water partition coefficient (Wildman–Crippen LogP) is 5.09. The molecule has 0 saturated heterocycles. The largest absolute Gasteiger partial charge is 0.416 e. The Morgan fingerprint density at radius 3 is 2.03 bits per heavy atom. The Balaban J connectivity index is 1.93. The third-order valence-electron chi connectivity index (χ3n) is 4.24. The average molecular weight is 463 g/mol. The summed E-state index contributed by atoms with van der Waals surface area (Å²) in [5, 5.41) is 4.27. The summed E-state index contributed by atoms with van der Waals surface area (Å²) in [6, 6.07) is 6.13. The van der Waals surface area contributed by atoms with Crippen LogP contribution in [0.4, 0.5) is 26.3 Å². The number of alkyl halides is 6. The number of benzene rings is 2. The van der Waals surface area contributed by atoms with Crippen LogP contribution >= 0.6 is 0 Å². The summed E-state index contributed by atoms with van der Waals surface area (Å²) in [6.45, 7) is 1.27. The molecule has 2 aromatic rings. The molecule has 31 heavy (non-hydrogen) atoms. The molecule has 0 fully saturated rings. The van der Waals surface area contributed by atoms with E-state index in [0.717, 1.165) is 5.41 Å². The molecule has 5 nitrogen and oxygen atoms in total. The molecule has 164 valence electrons. The topological polar surface area (TPSA) is 72.8 Å². The molecule has 0 aliphatic carbocycles. The first kappa shape index (κ1) is 22.5. The summed E-state index contributed by atoms with van der Waals surface area (Å²) >= 11 is 0. The van der Waals surface area contributed by atoms with Crippen molar-refractivity contribution in [3.63, 3.8) is 0 Å².